The maximum absolute atomic E-state index is 11.1. The van der Waals surface area contributed by atoms with Gasteiger partial charge < -0.3 is 19.5 Å². The average molecular weight is 249 g/mol. The van der Waals surface area contributed by atoms with Crippen molar-refractivity contribution >= 4 is 6.09 Å². The molecule has 1 fully saturated rings. The Bertz CT molecular complexity index is 498. The molecule has 0 aliphatic carbocycles. The van der Waals surface area contributed by atoms with Gasteiger partial charge in [0.1, 0.15) is 11.9 Å². The number of carbonyl (C=O) groups is 1. The fourth-order valence-electron chi connectivity index (χ4n) is 2.19. The Balaban J connectivity index is 1.98. The maximum atomic E-state index is 11.1. The molecule has 0 unspecified atom stereocenters. The van der Waals surface area contributed by atoms with Crippen LogP contribution in [0.1, 0.15) is 31.1 Å². The Hall–Kier alpha value is -1.75. The Morgan fingerprint density at radius 2 is 2.22 bits per heavy atom. The van der Waals surface area contributed by atoms with Gasteiger partial charge in [-0.15, -0.1) is 0 Å². The number of hydrogen-bond donors (Lipinski definition) is 1. The summed E-state index contributed by atoms with van der Waals surface area (Å²) in [6, 6.07) is 5.80. The van der Waals surface area contributed by atoms with E-state index in [0.717, 1.165) is 16.9 Å². The number of carbonyl (C=O) groups excluding carboxylic acids is 1. The quantitative estimate of drug-likeness (QED) is 0.828. The molecule has 5 heteroatoms. The lowest BCUT2D eigenvalue weighted by molar-refractivity contribution is -0.180. The van der Waals surface area contributed by atoms with Gasteiger partial charge in [0.25, 0.3) is 0 Å². The molecule has 1 N–H and O–H groups in total. The van der Waals surface area contributed by atoms with E-state index in [2.05, 4.69) is 5.32 Å². The van der Waals surface area contributed by atoms with Gasteiger partial charge in [0.15, 0.2) is 0 Å². The molecule has 0 saturated carbocycles. The smallest absolute Gasteiger partial charge is 0.407 e. The lowest BCUT2D eigenvalue weighted by atomic mass is 10.0. The van der Waals surface area contributed by atoms with Crippen molar-refractivity contribution in [2.45, 2.75) is 32.3 Å². The normalized spacial score (nSPS) is 24.8. The predicted octanol–water partition coefficient (Wildman–Crippen LogP) is 2.11. The van der Waals surface area contributed by atoms with Crippen molar-refractivity contribution < 1.29 is 19.0 Å². The van der Waals surface area contributed by atoms with Gasteiger partial charge in [-0.3, -0.25) is 0 Å². The first-order chi connectivity index (χ1) is 8.55. The summed E-state index contributed by atoms with van der Waals surface area (Å²) >= 11 is 0. The van der Waals surface area contributed by atoms with E-state index in [-0.39, 0.29) is 12.2 Å². The van der Waals surface area contributed by atoms with Crippen molar-refractivity contribution in [1.82, 2.24) is 5.32 Å². The highest BCUT2D eigenvalue weighted by atomic mass is 16.7. The van der Waals surface area contributed by atoms with Crippen LogP contribution < -0.4 is 10.1 Å². The zero-order valence-electron chi connectivity index (χ0n) is 10.4. The van der Waals surface area contributed by atoms with Crippen LogP contribution in [0.4, 0.5) is 4.79 Å². The Morgan fingerprint density at radius 3 is 2.94 bits per heavy atom. The molecule has 0 spiro atoms. The lowest BCUT2D eigenvalue weighted by Crippen LogP contribution is -2.36. The molecule has 1 saturated heterocycles. The second kappa shape index (κ2) is 3.88. The number of nitrogens with one attached hydrogen (secondary N) is 1. The number of amides is 1. The third-order valence-electron chi connectivity index (χ3n) is 3.08. The number of hydrogen-bond acceptors (Lipinski definition) is 4. The van der Waals surface area contributed by atoms with Crippen molar-refractivity contribution in [1.29, 1.82) is 0 Å². The monoisotopic (exact) mass is 249 g/mol. The zero-order chi connectivity index (χ0) is 12.8. The van der Waals surface area contributed by atoms with Crippen LogP contribution >= 0.6 is 0 Å². The number of cyclic esters (lactones) is 1. The van der Waals surface area contributed by atoms with Gasteiger partial charge in [-0.1, -0.05) is 18.2 Å². The summed E-state index contributed by atoms with van der Waals surface area (Å²) in [5, 5.41) is 2.65. The minimum atomic E-state index is -0.654. The molecule has 3 rings (SSSR count). The molecule has 0 radical (unpaired) electrons. The third-order valence-corrected chi connectivity index (χ3v) is 3.08. The van der Waals surface area contributed by atoms with Crippen LogP contribution in [0.25, 0.3) is 0 Å². The number of fused-ring (bicyclic) bond motifs is 1. The van der Waals surface area contributed by atoms with Crippen molar-refractivity contribution in [2.24, 2.45) is 0 Å². The predicted molar refractivity (Wildman–Crippen MR) is 63.2 cm³/mol. The second-order valence-corrected chi connectivity index (χ2v) is 4.90. The highest BCUT2D eigenvalue weighted by Gasteiger charge is 2.33. The Morgan fingerprint density at radius 1 is 1.39 bits per heavy atom. The molecule has 2 heterocycles. The van der Waals surface area contributed by atoms with E-state index < -0.39 is 5.79 Å². The van der Waals surface area contributed by atoms with Crippen LogP contribution in [0.15, 0.2) is 18.2 Å². The van der Waals surface area contributed by atoms with Crippen molar-refractivity contribution in [2.75, 3.05) is 6.54 Å². The Labute approximate surface area is 105 Å². The molecule has 5 nitrogen and oxygen atoms in total. The topological polar surface area (TPSA) is 56.8 Å². The highest BCUT2D eigenvalue weighted by molar-refractivity contribution is 5.70. The van der Waals surface area contributed by atoms with E-state index in [9.17, 15) is 4.79 Å². The number of ether oxygens (including phenoxy) is 3. The molecule has 1 atom stereocenters. The third kappa shape index (κ3) is 1.90. The van der Waals surface area contributed by atoms with E-state index in [1.54, 1.807) is 0 Å². The Kier molecular flexibility index (Phi) is 2.45. The molecule has 1 aromatic carbocycles. The lowest BCUT2D eigenvalue weighted by Gasteiger charge is -2.34. The van der Waals surface area contributed by atoms with Crippen LogP contribution in [0.3, 0.4) is 0 Å². The van der Waals surface area contributed by atoms with Gasteiger partial charge in [0, 0.05) is 25.0 Å². The standard InChI is InChI=1S/C13H15NO4/c1-13(2)16-7-8-4-3-5-9(11(8)18-13)10-6-14-12(15)17-10/h3-5,10H,6-7H2,1-2H3,(H,14,15)/t10-/m1/s1. The number of benzene rings is 1. The van der Waals surface area contributed by atoms with Gasteiger partial charge in [-0.05, 0) is 0 Å². The van der Waals surface area contributed by atoms with Crippen LogP contribution in [-0.4, -0.2) is 18.4 Å². The van der Waals surface area contributed by atoms with Crippen molar-refractivity contribution in [3.63, 3.8) is 0 Å². The number of rotatable bonds is 1. The summed E-state index contributed by atoms with van der Waals surface area (Å²) in [5.74, 6) is 0.120. The van der Waals surface area contributed by atoms with E-state index in [0.29, 0.717) is 13.2 Å². The summed E-state index contributed by atoms with van der Waals surface area (Å²) in [6.07, 6.45) is -0.676. The first-order valence-corrected chi connectivity index (χ1v) is 5.94. The molecule has 96 valence electrons. The first kappa shape index (κ1) is 11.3. The highest BCUT2D eigenvalue weighted by Crippen LogP contribution is 2.38. The van der Waals surface area contributed by atoms with Gasteiger partial charge >= 0.3 is 6.09 Å². The van der Waals surface area contributed by atoms with Gasteiger partial charge in [0.2, 0.25) is 5.79 Å². The van der Waals surface area contributed by atoms with Crippen molar-refractivity contribution in [3.05, 3.63) is 29.3 Å². The van der Waals surface area contributed by atoms with E-state index >= 15 is 0 Å². The molecule has 2 aliphatic heterocycles. The minimum absolute atomic E-state index is 0.290. The minimum Gasteiger partial charge on any atom is -0.462 e. The number of para-hydroxylation sites is 1. The molecule has 1 aromatic rings. The molecule has 18 heavy (non-hydrogen) atoms. The fourth-order valence-corrected chi connectivity index (χ4v) is 2.19. The van der Waals surface area contributed by atoms with E-state index in [1.165, 1.54) is 0 Å². The second-order valence-electron chi connectivity index (χ2n) is 4.90. The van der Waals surface area contributed by atoms with Gasteiger partial charge in [-0.2, -0.15) is 0 Å². The summed E-state index contributed by atoms with van der Waals surface area (Å²) in [6.45, 7) is 4.71. The molecular weight excluding hydrogens is 234 g/mol. The van der Waals surface area contributed by atoms with Crippen molar-refractivity contribution in [3.8, 4) is 5.75 Å². The maximum Gasteiger partial charge on any atom is 0.407 e. The van der Waals surface area contributed by atoms with Crippen LogP contribution in [0.5, 0.6) is 5.75 Å². The van der Waals surface area contributed by atoms with Gasteiger partial charge in [-0.25, -0.2) is 4.79 Å². The average Bonchev–Trinajstić information content (AvgIpc) is 2.74. The largest absolute Gasteiger partial charge is 0.462 e. The van der Waals surface area contributed by atoms with Gasteiger partial charge in [0.05, 0.1) is 13.2 Å². The van der Waals surface area contributed by atoms with Crippen LogP contribution in [-0.2, 0) is 16.1 Å². The molecule has 0 bridgehead atoms. The summed E-state index contributed by atoms with van der Waals surface area (Å²) in [4.78, 5) is 11.1. The fraction of sp³-hybridized carbons (Fsp3) is 0.462. The number of alkyl carbamates (subject to hydrolysis) is 1. The van der Waals surface area contributed by atoms with Crippen LogP contribution in [0.2, 0.25) is 0 Å². The molecule has 1 amide bonds. The summed E-state index contributed by atoms with van der Waals surface area (Å²) in [7, 11) is 0. The van der Waals surface area contributed by atoms with Crippen LogP contribution in [0, 0.1) is 0 Å². The zero-order valence-corrected chi connectivity index (χ0v) is 10.4. The molecular formula is C13H15NO4. The first-order valence-electron chi connectivity index (χ1n) is 5.94. The van der Waals surface area contributed by atoms with E-state index in [1.807, 2.05) is 32.0 Å². The summed E-state index contributed by atoms with van der Waals surface area (Å²) < 4.78 is 16.7. The van der Waals surface area contributed by atoms with E-state index in [4.69, 9.17) is 14.2 Å². The molecule has 2 aliphatic rings. The SMILES string of the molecule is CC1(C)OCc2cccc([C@H]3CNC(=O)O3)c2O1. The summed E-state index contributed by atoms with van der Waals surface area (Å²) in [5.41, 5.74) is 1.87. The molecule has 0 aromatic heterocycles.